The van der Waals surface area contributed by atoms with E-state index in [2.05, 4.69) is 15.9 Å². The summed E-state index contributed by atoms with van der Waals surface area (Å²) in [6.45, 7) is 0.237. The number of nitro benzene ring substituents is 1. The highest BCUT2D eigenvalue weighted by Gasteiger charge is 2.13. The lowest BCUT2D eigenvalue weighted by Gasteiger charge is -2.08. The van der Waals surface area contributed by atoms with Gasteiger partial charge in [-0.2, -0.15) is 0 Å². The Labute approximate surface area is 123 Å². The van der Waals surface area contributed by atoms with Gasteiger partial charge in [-0.25, -0.2) is 0 Å². The zero-order valence-electron chi connectivity index (χ0n) is 9.68. The van der Waals surface area contributed by atoms with Gasteiger partial charge in [0.05, 0.1) is 9.40 Å². The zero-order chi connectivity index (χ0) is 13.8. The molecule has 2 aromatic rings. The van der Waals surface area contributed by atoms with Crippen molar-refractivity contribution in [1.29, 1.82) is 0 Å². The molecule has 0 aliphatic carbocycles. The Morgan fingerprint density at radius 1 is 1.26 bits per heavy atom. The van der Waals surface area contributed by atoms with Crippen LogP contribution in [0.5, 0.6) is 5.75 Å². The van der Waals surface area contributed by atoms with Gasteiger partial charge in [-0.3, -0.25) is 10.1 Å². The van der Waals surface area contributed by atoms with Crippen LogP contribution in [-0.2, 0) is 6.61 Å². The van der Waals surface area contributed by atoms with E-state index in [1.165, 1.54) is 12.1 Å². The zero-order valence-corrected chi connectivity index (χ0v) is 12.0. The van der Waals surface area contributed by atoms with E-state index in [1.807, 2.05) is 24.3 Å². The fraction of sp³-hybridized carbons (Fsp3) is 0.0769. The highest BCUT2D eigenvalue weighted by Crippen LogP contribution is 2.27. The van der Waals surface area contributed by atoms with Gasteiger partial charge in [0.15, 0.2) is 0 Å². The second-order valence-electron chi connectivity index (χ2n) is 3.76. The molecule has 0 unspecified atom stereocenters. The number of nitrogens with zero attached hydrogens (tertiary/aromatic N) is 1. The average Bonchev–Trinajstić information content (AvgIpc) is 2.39. The van der Waals surface area contributed by atoms with Crippen LogP contribution >= 0.6 is 27.5 Å². The fourth-order valence-corrected chi connectivity index (χ4v) is 2.10. The summed E-state index contributed by atoms with van der Waals surface area (Å²) in [5.74, 6) is 0.681. The molecule has 4 nitrogen and oxygen atoms in total. The van der Waals surface area contributed by atoms with Crippen molar-refractivity contribution in [3.8, 4) is 5.75 Å². The van der Waals surface area contributed by atoms with Crippen LogP contribution in [0.3, 0.4) is 0 Å². The number of hydrogen-bond donors (Lipinski definition) is 0. The third-order valence-corrected chi connectivity index (χ3v) is 3.41. The van der Waals surface area contributed by atoms with Gasteiger partial charge in [0.25, 0.3) is 5.69 Å². The van der Waals surface area contributed by atoms with Crippen LogP contribution in [0.1, 0.15) is 5.56 Å². The van der Waals surface area contributed by atoms with Crippen LogP contribution in [0.15, 0.2) is 46.9 Å². The second kappa shape index (κ2) is 6.04. The van der Waals surface area contributed by atoms with E-state index >= 15 is 0 Å². The van der Waals surface area contributed by atoms with Crippen molar-refractivity contribution in [1.82, 2.24) is 0 Å². The van der Waals surface area contributed by atoms with Crippen LogP contribution in [0.4, 0.5) is 5.69 Å². The van der Waals surface area contributed by atoms with Gasteiger partial charge in [-0.15, -0.1) is 0 Å². The molecule has 0 amide bonds. The summed E-state index contributed by atoms with van der Waals surface area (Å²) in [7, 11) is 0. The largest absolute Gasteiger partial charge is 0.488 e. The van der Waals surface area contributed by atoms with Gasteiger partial charge in [0.1, 0.15) is 17.4 Å². The van der Waals surface area contributed by atoms with E-state index in [0.717, 1.165) is 4.47 Å². The molecule has 2 aromatic carbocycles. The van der Waals surface area contributed by atoms with Crippen molar-refractivity contribution in [3.63, 3.8) is 0 Å². The standard InChI is InChI=1S/C13H9BrClNO3/c14-10-3-1-2-4-13(10)19-8-9-5-6-11(15)12(7-9)16(17)18/h1-7H,8H2. The van der Waals surface area contributed by atoms with E-state index < -0.39 is 4.92 Å². The molecule has 0 aromatic heterocycles. The number of ether oxygens (including phenoxy) is 1. The van der Waals surface area contributed by atoms with Gasteiger partial charge < -0.3 is 4.74 Å². The molecule has 19 heavy (non-hydrogen) atoms. The highest BCUT2D eigenvalue weighted by molar-refractivity contribution is 9.10. The fourth-order valence-electron chi connectivity index (χ4n) is 1.51. The summed E-state index contributed by atoms with van der Waals surface area (Å²) >= 11 is 9.11. The van der Waals surface area contributed by atoms with Gasteiger partial charge in [-0.1, -0.05) is 29.8 Å². The van der Waals surface area contributed by atoms with Crippen LogP contribution in [0, 0.1) is 10.1 Å². The molecule has 0 bridgehead atoms. The average molecular weight is 343 g/mol. The first kappa shape index (κ1) is 13.8. The summed E-state index contributed by atoms with van der Waals surface area (Å²) in [6, 6.07) is 12.0. The molecular formula is C13H9BrClNO3. The number of para-hydroxylation sites is 1. The molecule has 0 aliphatic heterocycles. The minimum atomic E-state index is -0.510. The number of benzene rings is 2. The molecule has 0 heterocycles. The molecule has 98 valence electrons. The summed E-state index contributed by atoms with van der Waals surface area (Å²) in [4.78, 5) is 10.3. The predicted octanol–water partition coefficient (Wildman–Crippen LogP) is 4.59. The van der Waals surface area contributed by atoms with Gasteiger partial charge in [-0.05, 0) is 39.7 Å². The van der Waals surface area contributed by atoms with E-state index in [-0.39, 0.29) is 17.3 Å². The maximum Gasteiger partial charge on any atom is 0.288 e. The predicted molar refractivity (Wildman–Crippen MR) is 76.6 cm³/mol. The summed E-state index contributed by atoms with van der Waals surface area (Å²) in [5, 5.41) is 10.9. The van der Waals surface area contributed by atoms with Crippen molar-refractivity contribution in [3.05, 3.63) is 67.6 Å². The molecule has 0 N–H and O–H groups in total. The molecule has 0 spiro atoms. The maximum absolute atomic E-state index is 10.8. The molecule has 6 heteroatoms. The Hall–Kier alpha value is -1.59. The number of hydrogen-bond acceptors (Lipinski definition) is 3. The van der Waals surface area contributed by atoms with Gasteiger partial charge in [0, 0.05) is 6.07 Å². The molecular weight excluding hydrogens is 334 g/mol. The monoisotopic (exact) mass is 341 g/mol. The Kier molecular flexibility index (Phi) is 4.39. The number of halogens is 2. The first-order valence-electron chi connectivity index (χ1n) is 5.38. The Morgan fingerprint density at radius 3 is 2.68 bits per heavy atom. The van der Waals surface area contributed by atoms with Crippen molar-refractivity contribution in [2.24, 2.45) is 0 Å². The molecule has 0 radical (unpaired) electrons. The lowest BCUT2D eigenvalue weighted by Crippen LogP contribution is -1.98. The number of nitro groups is 1. The minimum Gasteiger partial charge on any atom is -0.488 e. The third-order valence-electron chi connectivity index (χ3n) is 2.44. The molecule has 0 fully saturated rings. The van der Waals surface area contributed by atoms with Crippen LogP contribution in [0.2, 0.25) is 5.02 Å². The van der Waals surface area contributed by atoms with Crippen LogP contribution < -0.4 is 4.74 Å². The van der Waals surface area contributed by atoms with E-state index in [1.54, 1.807) is 6.07 Å². The Bertz CT molecular complexity index is 619. The third kappa shape index (κ3) is 3.45. The van der Waals surface area contributed by atoms with Crippen LogP contribution in [0.25, 0.3) is 0 Å². The normalized spacial score (nSPS) is 10.2. The topological polar surface area (TPSA) is 52.4 Å². The van der Waals surface area contributed by atoms with Crippen molar-refractivity contribution in [2.75, 3.05) is 0 Å². The number of rotatable bonds is 4. The highest BCUT2D eigenvalue weighted by atomic mass is 79.9. The Balaban J connectivity index is 2.14. The van der Waals surface area contributed by atoms with Crippen molar-refractivity contribution in [2.45, 2.75) is 6.61 Å². The SMILES string of the molecule is O=[N+]([O-])c1cc(COc2ccccc2Br)ccc1Cl. The summed E-state index contributed by atoms with van der Waals surface area (Å²) in [6.07, 6.45) is 0. The first-order valence-corrected chi connectivity index (χ1v) is 6.55. The van der Waals surface area contributed by atoms with Crippen molar-refractivity contribution >= 4 is 33.2 Å². The molecule has 0 atom stereocenters. The van der Waals surface area contributed by atoms with E-state index in [0.29, 0.717) is 11.3 Å². The van der Waals surface area contributed by atoms with Crippen molar-refractivity contribution < 1.29 is 9.66 Å². The smallest absolute Gasteiger partial charge is 0.288 e. The summed E-state index contributed by atoms with van der Waals surface area (Å²) < 4.78 is 6.42. The second-order valence-corrected chi connectivity index (χ2v) is 5.02. The molecule has 0 saturated heterocycles. The molecule has 2 rings (SSSR count). The quantitative estimate of drug-likeness (QED) is 0.603. The minimum absolute atomic E-state index is 0.116. The first-order chi connectivity index (χ1) is 9.08. The van der Waals surface area contributed by atoms with Gasteiger partial charge in [0.2, 0.25) is 0 Å². The summed E-state index contributed by atoms with van der Waals surface area (Å²) in [5.41, 5.74) is 0.571. The van der Waals surface area contributed by atoms with E-state index in [9.17, 15) is 10.1 Å². The Morgan fingerprint density at radius 2 is 2.00 bits per heavy atom. The van der Waals surface area contributed by atoms with E-state index in [4.69, 9.17) is 16.3 Å². The lowest BCUT2D eigenvalue weighted by molar-refractivity contribution is -0.384. The molecule has 0 saturated carbocycles. The van der Waals surface area contributed by atoms with Crippen LogP contribution in [-0.4, -0.2) is 4.92 Å². The van der Waals surface area contributed by atoms with Gasteiger partial charge >= 0.3 is 0 Å². The molecule has 0 aliphatic rings. The lowest BCUT2D eigenvalue weighted by atomic mass is 10.2. The maximum atomic E-state index is 10.8.